The molecule has 0 aliphatic carbocycles. The number of ether oxygens (including phenoxy) is 2. The molecule has 4 rings (SSSR count). The largest absolute Gasteiger partial charge is 0.454 e. The van der Waals surface area contributed by atoms with Crippen LogP contribution < -0.4 is 9.47 Å². The Kier molecular flexibility index (Phi) is 4.92. The van der Waals surface area contributed by atoms with Crippen LogP contribution in [0, 0.1) is 0 Å². The lowest BCUT2D eigenvalue weighted by Gasteiger charge is -2.40. The fourth-order valence-electron chi connectivity index (χ4n) is 4.02. The summed E-state index contributed by atoms with van der Waals surface area (Å²) < 4.78 is 10.7. The van der Waals surface area contributed by atoms with Crippen LogP contribution in [0.1, 0.15) is 37.7 Å². The maximum Gasteiger partial charge on any atom is 0.246 e. The van der Waals surface area contributed by atoms with Crippen molar-refractivity contribution >= 4 is 12.0 Å². The second kappa shape index (κ2) is 7.48. The van der Waals surface area contributed by atoms with Crippen LogP contribution in [0.2, 0.25) is 0 Å². The van der Waals surface area contributed by atoms with Crippen LogP contribution in [0.5, 0.6) is 11.5 Å². The van der Waals surface area contributed by atoms with Gasteiger partial charge in [-0.05, 0) is 62.5 Å². The van der Waals surface area contributed by atoms with Crippen LogP contribution in [-0.2, 0) is 4.79 Å². The van der Waals surface area contributed by atoms with Gasteiger partial charge in [0.05, 0.1) is 0 Å². The number of benzene rings is 1. The quantitative estimate of drug-likeness (QED) is 0.792. The lowest BCUT2D eigenvalue weighted by Crippen LogP contribution is -2.47. The van der Waals surface area contributed by atoms with Gasteiger partial charge in [0, 0.05) is 25.2 Å². The Morgan fingerprint density at radius 3 is 2.56 bits per heavy atom. The first-order valence-electron chi connectivity index (χ1n) is 9.40. The molecule has 0 atom stereocenters. The van der Waals surface area contributed by atoms with E-state index in [9.17, 15) is 4.79 Å². The molecule has 2 fully saturated rings. The highest BCUT2D eigenvalue weighted by Crippen LogP contribution is 2.32. The summed E-state index contributed by atoms with van der Waals surface area (Å²) in [5, 5.41) is 0. The van der Waals surface area contributed by atoms with Gasteiger partial charge in [-0.3, -0.25) is 4.79 Å². The molecule has 0 bridgehead atoms. The summed E-state index contributed by atoms with van der Waals surface area (Å²) in [6, 6.07) is 6.41. The van der Waals surface area contributed by atoms with Crippen molar-refractivity contribution in [3.05, 3.63) is 29.8 Å². The van der Waals surface area contributed by atoms with Crippen molar-refractivity contribution in [3.8, 4) is 11.5 Å². The van der Waals surface area contributed by atoms with E-state index in [4.69, 9.17) is 9.47 Å². The smallest absolute Gasteiger partial charge is 0.246 e. The van der Waals surface area contributed by atoms with E-state index in [2.05, 4.69) is 4.90 Å². The van der Waals surface area contributed by atoms with Crippen molar-refractivity contribution in [3.63, 3.8) is 0 Å². The van der Waals surface area contributed by atoms with Gasteiger partial charge >= 0.3 is 0 Å². The molecule has 2 saturated heterocycles. The molecule has 0 spiro atoms. The molecule has 3 aliphatic heterocycles. The molecule has 0 aromatic heterocycles. The average molecular weight is 342 g/mol. The molecule has 0 radical (unpaired) electrons. The van der Waals surface area contributed by atoms with E-state index in [0.717, 1.165) is 43.0 Å². The van der Waals surface area contributed by atoms with E-state index in [1.165, 1.54) is 32.4 Å². The predicted molar refractivity (Wildman–Crippen MR) is 96.6 cm³/mol. The fourth-order valence-corrected chi connectivity index (χ4v) is 4.02. The maximum atomic E-state index is 12.5. The Morgan fingerprint density at radius 2 is 1.76 bits per heavy atom. The molecular formula is C20H26N2O3. The van der Waals surface area contributed by atoms with Crippen molar-refractivity contribution in [2.75, 3.05) is 33.0 Å². The molecule has 0 saturated carbocycles. The third-order valence-electron chi connectivity index (χ3n) is 5.50. The zero-order valence-corrected chi connectivity index (χ0v) is 14.7. The predicted octanol–water partition coefficient (Wildman–Crippen LogP) is 2.91. The second-order valence-corrected chi connectivity index (χ2v) is 7.10. The van der Waals surface area contributed by atoms with Gasteiger partial charge in [0.1, 0.15) is 0 Å². The Bertz CT molecular complexity index is 644. The number of carbonyl (C=O) groups excluding carboxylic acids is 1. The first-order chi connectivity index (χ1) is 12.3. The minimum atomic E-state index is 0.106. The summed E-state index contributed by atoms with van der Waals surface area (Å²) in [6.07, 6.45) is 9.78. The van der Waals surface area contributed by atoms with Crippen LogP contribution in [-0.4, -0.2) is 54.7 Å². The summed E-state index contributed by atoms with van der Waals surface area (Å²) in [6.45, 7) is 4.48. The van der Waals surface area contributed by atoms with Crippen molar-refractivity contribution in [2.24, 2.45) is 0 Å². The minimum Gasteiger partial charge on any atom is -0.454 e. The number of carbonyl (C=O) groups is 1. The molecule has 1 aromatic rings. The van der Waals surface area contributed by atoms with E-state index in [-0.39, 0.29) is 12.7 Å². The standard InChI is InChI=1S/C20H26N2O3/c23-20(7-5-16-4-6-18-19(14-16)25-15-24-18)22-12-8-17(9-13-22)21-10-2-1-3-11-21/h4-7,14,17H,1-3,8-13,15H2/b7-5+. The summed E-state index contributed by atoms with van der Waals surface area (Å²) >= 11 is 0. The highest BCUT2D eigenvalue weighted by Gasteiger charge is 2.26. The van der Waals surface area contributed by atoms with E-state index in [0.29, 0.717) is 6.04 Å². The molecule has 5 heteroatoms. The van der Waals surface area contributed by atoms with Gasteiger partial charge < -0.3 is 19.3 Å². The Hall–Kier alpha value is -2.01. The van der Waals surface area contributed by atoms with Crippen molar-refractivity contribution < 1.29 is 14.3 Å². The number of hydrogen-bond donors (Lipinski definition) is 0. The van der Waals surface area contributed by atoms with E-state index < -0.39 is 0 Å². The zero-order chi connectivity index (χ0) is 17.1. The molecule has 3 aliphatic rings. The molecule has 134 valence electrons. The molecule has 1 amide bonds. The van der Waals surface area contributed by atoms with Crippen LogP contribution in [0.4, 0.5) is 0 Å². The van der Waals surface area contributed by atoms with Crippen molar-refractivity contribution in [1.82, 2.24) is 9.80 Å². The topological polar surface area (TPSA) is 42.0 Å². The van der Waals surface area contributed by atoms with Gasteiger partial charge in [-0.2, -0.15) is 0 Å². The Labute approximate surface area is 149 Å². The summed E-state index contributed by atoms with van der Waals surface area (Å²) in [5.74, 6) is 1.62. The summed E-state index contributed by atoms with van der Waals surface area (Å²) in [4.78, 5) is 17.1. The van der Waals surface area contributed by atoms with Crippen molar-refractivity contribution in [2.45, 2.75) is 38.1 Å². The molecule has 0 unspecified atom stereocenters. The number of fused-ring (bicyclic) bond motifs is 1. The maximum absolute atomic E-state index is 12.5. The third-order valence-corrected chi connectivity index (χ3v) is 5.50. The minimum absolute atomic E-state index is 0.106. The summed E-state index contributed by atoms with van der Waals surface area (Å²) in [7, 11) is 0. The third kappa shape index (κ3) is 3.82. The Morgan fingerprint density at radius 1 is 1.00 bits per heavy atom. The van der Waals surface area contributed by atoms with Gasteiger partial charge in [0.25, 0.3) is 0 Å². The van der Waals surface area contributed by atoms with Crippen LogP contribution in [0.3, 0.4) is 0 Å². The lowest BCUT2D eigenvalue weighted by atomic mass is 10.00. The van der Waals surface area contributed by atoms with Gasteiger partial charge in [-0.15, -0.1) is 0 Å². The van der Waals surface area contributed by atoms with Crippen LogP contribution in [0.15, 0.2) is 24.3 Å². The molecule has 5 nitrogen and oxygen atoms in total. The summed E-state index contributed by atoms with van der Waals surface area (Å²) in [5.41, 5.74) is 0.959. The van der Waals surface area contributed by atoms with Crippen LogP contribution >= 0.6 is 0 Å². The Balaban J connectivity index is 1.30. The number of piperidine rings is 2. The molecule has 0 N–H and O–H groups in total. The van der Waals surface area contributed by atoms with Gasteiger partial charge in [-0.25, -0.2) is 0 Å². The molecule has 3 heterocycles. The first kappa shape index (κ1) is 16.5. The lowest BCUT2D eigenvalue weighted by molar-refractivity contribution is -0.127. The van der Waals surface area contributed by atoms with Gasteiger partial charge in [-0.1, -0.05) is 12.5 Å². The number of hydrogen-bond acceptors (Lipinski definition) is 4. The highest BCUT2D eigenvalue weighted by molar-refractivity contribution is 5.92. The van der Waals surface area contributed by atoms with Crippen LogP contribution in [0.25, 0.3) is 6.08 Å². The second-order valence-electron chi connectivity index (χ2n) is 7.10. The number of likely N-dealkylation sites (tertiary alicyclic amines) is 2. The number of nitrogens with zero attached hydrogens (tertiary/aromatic N) is 2. The van der Waals surface area contributed by atoms with E-state index >= 15 is 0 Å². The fraction of sp³-hybridized carbons (Fsp3) is 0.550. The zero-order valence-electron chi connectivity index (χ0n) is 14.7. The molecular weight excluding hydrogens is 316 g/mol. The van der Waals surface area contributed by atoms with Gasteiger partial charge in [0.15, 0.2) is 11.5 Å². The molecule has 25 heavy (non-hydrogen) atoms. The molecule has 1 aromatic carbocycles. The SMILES string of the molecule is O=C(/C=C/c1ccc2c(c1)OCO2)N1CCC(N2CCCCC2)CC1. The normalized spacial score (nSPS) is 21.8. The van der Waals surface area contributed by atoms with Gasteiger partial charge in [0.2, 0.25) is 12.7 Å². The van der Waals surface area contributed by atoms with E-state index in [1.807, 2.05) is 29.2 Å². The van der Waals surface area contributed by atoms with Crippen molar-refractivity contribution in [1.29, 1.82) is 0 Å². The first-order valence-corrected chi connectivity index (χ1v) is 9.40. The van der Waals surface area contributed by atoms with E-state index in [1.54, 1.807) is 6.08 Å². The highest BCUT2D eigenvalue weighted by atomic mass is 16.7. The monoisotopic (exact) mass is 342 g/mol. The number of rotatable bonds is 3. The number of amides is 1. The average Bonchev–Trinajstić information content (AvgIpc) is 3.15.